The van der Waals surface area contributed by atoms with Crippen LogP contribution < -0.4 is 21.7 Å². The molecule has 1 aliphatic rings. The maximum atomic E-state index is 13.3. The molecule has 1 amide bonds. The van der Waals surface area contributed by atoms with Crippen molar-refractivity contribution in [3.05, 3.63) is 77.9 Å². The Morgan fingerprint density at radius 2 is 1.73 bits per heavy atom. The zero-order valence-corrected chi connectivity index (χ0v) is 19.3. The van der Waals surface area contributed by atoms with E-state index in [1.807, 2.05) is 48.5 Å². The fraction of sp³-hybridized carbons (Fsp3) is 0.292. The van der Waals surface area contributed by atoms with Gasteiger partial charge in [-0.15, -0.1) is 0 Å². The monoisotopic (exact) mass is 467 g/mol. The van der Waals surface area contributed by atoms with Crippen LogP contribution in [0.1, 0.15) is 30.1 Å². The number of fused-ring (bicyclic) bond motifs is 1. The largest absolute Gasteiger partial charge is 0.341 e. The highest BCUT2D eigenvalue weighted by atomic mass is 32.2. The van der Waals surface area contributed by atoms with Crippen molar-refractivity contribution in [2.45, 2.75) is 42.4 Å². The minimum Gasteiger partial charge on any atom is -0.341 e. The van der Waals surface area contributed by atoms with Crippen molar-refractivity contribution in [2.24, 2.45) is 11.6 Å². The van der Waals surface area contributed by atoms with Crippen molar-refractivity contribution in [3.8, 4) is 0 Å². The second-order valence-electron chi connectivity index (χ2n) is 8.45. The number of nitrogens with zero attached hydrogens (tertiary/aromatic N) is 1. The van der Waals surface area contributed by atoms with E-state index in [0.717, 1.165) is 34.7 Å². The SMILES string of the molecule is CN(C(=O)[C@H](Cc1ccc(C(N)NN)cc1)NS(=O)(=O)c1ccc2ccccc2c1)C1CC1. The smallest absolute Gasteiger partial charge is 0.241 e. The van der Waals surface area contributed by atoms with Gasteiger partial charge in [0.05, 0.1) is 11.1 Å². The molecular formula is C24H29N5O3S. The van der Waals surface area contributed by atoms with Crippen LogP contribution in [0, 0.1) is 0 Å². The number of sulfonamides is 1. The number of hydrogen-bond donors (Lipinski definition) is 4. The Bertz CT molecular complexity index is 1240. The van der Waals surface area contributed by atoms with Crippen LogP contribution in [0.15, 0.2) is 71.6 Å². The summed E-state index contributed by atoms with van der Waals surface area (Å²) in [6.07, 6.45) is 1.58. The van der Waals surface area contributed by atoms with Crippen LogP contribution in [0.5, 0.6) is 0 Å². The fourth-order valence-corrected chi connectivity index (χ4v) is 5.07. The lowest BCUT2D eigenvalue weighted by Crippen LogP contribution is -2.49. The van der Waals surface area contributed by atoms with Gasteiger partial charge < -0.3 is 10.6 Å². The van der Waals surface area contributed by atoms with Crippen molar-refractivity contribution >= 4 is 26.7 Å². The summed E-state index contributed by atoms with van der Waals surface area (Å²) in [6.45, 7) is 0. The number of hydrazine groups is 1. The highest BCUT2D eigenvalue weighted by Crippen LogP contribution is 2.27. The van der Waals surface area contributed by atoms with Crippen LogP contribution in [0.2, 0.25) is 0 Å². The summed E-state index contributed by atoms with van der Waals surface area (Å²) in [6, 6.07) is 19.0. The molecule has 0 aliphatic heterocycles. The molecule has 0 heterocycles. The summed E-state index contributed by atoms with van der Waals surface area (Å²) in [4.78, 5) is 15.0. The summed E-state index contributed by atoms with van der Waals surface area (Å²) in [7, 11) is -2.20. The molecule has 4 rings (SSSR count). The second-order valence-corrected chi connectivity index (χ2v) is 10.2. The Morgan fingerprint density at radius 3 is 2.36 bits per heavy atom. The van der Waals surface area contributed by atoms with Gasteiger partial charge in [-0.3, -0.25) is 10.6 Å². The number of hydrogen-bond acceptors (Lipinski definition) is 6. The highest BCUT2D eigenvalue weighted by molar-refractivity contribution is 7.89. The van der Waals surface area contributed by atoms with Crippen molar-refractivity contribution in [1.29, 1.82) is 0 Å². The first-order chi connectivity index (χ1) is 15.8. The second kappa shape index (κ2) is 9.58. The van der Waals surface area contributed by atoms with Gasteiger partial charge in [0.25, 0.3) is 0 Å². The number of rotatable bonds is 9. The quantitative estimate of drug-likeness (QED) is 0.216. The van der Waals surface area contributed by atoms with Gasteiger partial charge in [0.1, 0.15) is 6.04 Å². The van der Waals surface area contributed by atoms with E-state index in [1.54, 1.807) is 30.1 Å². The number of carbonyl (C=O) groups is 1. The summed E-state index contributed by atoms with van der Waals surface area (Å²) < 4.78 is 29.2. The van der Waals surface area contributed by atoms with E-state index >= 15 is 0 Å². The number of nitrogens with one attached hydrogen (secondary N) is 2. The number of nitrogens with two attached hydrogens (primary N) is 2. The van der Waals surface area contributed by atoms with Gasteiger partial charge in [-0.2, -0.15) is 4.72 Å². The van der Waals surface area contributed by atoms with Gasteiger partial charge >= 0.3 is 0 Å². The van der Waals surface area contributed by atoms with E-state index < -0.39 is 22.2 Å². The highest BCUT2D eigenvalue weighted by Gasteiger charge is 2.35. The number of benzene rings is 3. The predicted molar refractivity (Wildman–Crippen MR) is 128 cm³/mol. The lowest BCUT2D eigenvalue weighted by atomic mass is 10.0. The van der Waals surface area contributed by atoms with Crippen LogP contribution in [0.4, 0.5) is 0 Å². The fourth-order valence-electron chi connectivity index (χ4n) is 3.85. The molecular weight excluding hydrogens is 438 g/mol. The molecule has 2 atom stereocenters. The molecule has 6 N–H and O–H groups in total. The van der Waals surface area contributed by atoms with Gasteiger partial charge in [0, 0.05) is 13.1 Å². The first-order valence-corrected chi connectivity index (χ1v) is 12.3. The zero-order valence-electron chi connectivity index (χ0n) is 18.4. The summed E-state index contributed by atoms with van der Waals surface area (Å²) in [5.41, 5.74) is 9.95. The topological polar surface area (TPSA) is 131 Å². The number of carbonyl (C=O) groups excluding carboxylic acids is 1. The van der Waals surface area contributed by atoms with E-state index in [2.05, 4.69) is 10.1 Å². The van der Waals surface area contributed by atoms with E-state index in [-0.39, 0.29) is 23.3 Å². The van der Waals surface area contributed by atoms with E-state index in [0.29, 0.717) is 0 Å². The molecule has 1 aliphatic carbocycles. The standard InChI is InChI=1S/C24H29N5O3S/c1-29(20-11-12-20)24(30)22(14-16-6-8-18(9-7-16)23(25)27-26)28-33(31,32)21-13-10-17-4-2-3-5-19(17)15-21/h2-10,13,15,20,22-23,27-28H,11-12,14,25-26H2,1H3/t22-,23?/m0/s1. The average molecular weight is 468 g/mol. The first kappa shape index (κ1) is 23.3. The van der Waals surface area contributed by atoms with Crippen LogP contribution in [0.25, 0.3) is 10.8 Å². The Kier molecular flexibility index (Phi) is 6.78. The van der Waals surface area contributed by atoms with Crippen LogP contribution >= 0.6 is 0 Å². The molecule has 1 saturated carbocycles. The molecule has 174 valence electrons. The summed E-state index contributed by atoms with van der Waals surface area (Å²) in [5, 5.41) is 1.77. The molecule has 1 fully saturated rings. The molecule has 0 aromatic heterocycles. The Morgan fingerprint density at radius 1 is 1.06 bits per heavy atom. The van der Waals surface area contributed by atoms with Crippen molar-refractivity contribution in [2.75, 3.05) is 7.05 Å². The van der Waals surface area contributed by atoms with Crippen LogP contribution in [-0.4, -0.2) is 38.4 Å². The molecule has 9 heteroatoms. The number of likely N-dealkylation sites (N-methyl/N-ethyl adjacent to an activating group) is 1. The molecule has 0 bridgehead atoms. The zero-order chi connectivity index (χ0) is 23.6. The molecule has 3 aromatic carbocycles. The summed E-state index contributed by atoms with van der Waals surface area (Å²) in [5.74, 6) is 5.14. The first-order valence-electron chi connectivity index (χ1n) is 10.9. The van der Waals surface area contributed by atoms with Crippen LogP contribution in [-0.2, 0) is 21.2 Å². The van der Waals surface area contributed by atoms with E-state index in [4.69, 9.17) is 11.6 Å². The third kappa shape index (κ3) is 5.40. The maximum Gasteiger partial charge on any atom is 0.241 e. The molecule has 3 aromatic rings. The molecule has 1 unspecified atom stereocenters. The number of amides is 1. The van der Waals surface area contributed by atoms with Crippen molar-refractivity contribution in [3.63, 3.8) is 0 Å². The molecule has 0 saturated heterocycles. The maximum absolute atomic E-state index is 13.3. The van der Waals surface area contributed by atoms with E-state index in [1.165, 1.54) is 0 Å². The molecule has 0 radical (unpaired) electrons. The molecule has 8 nitrogen and oxygen atoms in total. The summed E-state index contributed by atoms with van der Waals surface area (Å²) >= 11 is 0. The normalized spacial score (nSPS) is 15.8. The van der Waals surface area contributed by atoms with Gasteiger partial charge in [-0.05, 0) is 53.3 Å². The Hall–Kier alpha value is -2.82. The predicted octanol–water partition coefficient (Wildman–Crippen LogP) is 1.77. The Balaban J connectivity index is 1.60. The van der Waals surface area contributed by atoms with Gasteiger partial charge in [-0.1, -0.05) is 54.6 Å². The van der Waals surface area contributed by atoms with Crippen molar-refractivity contribution in [1.82, 2.24) is 15.0 Å². The van der Waals surface area contributed by atoms with Gasteiger partial charge in [0.2, 0.25) is 15.9 Å². The minimum atomic E-state index is -3.92. The van der Waals surface area contributed by atoms with Crippen LogP contribution in [0.3, 0.4) is 0 Å². The third-order valence-corrected chi connectivity index (χ3v) is 7.50. The lowest BCUT2D eigenvalue weighted by molar-refractivity contribution is -0.132. The minimum absolute atomic E-state index is 0.128. The lowest BCUT2D eigenvalue weighted by Gasteiger charge is -2.25. The molecule has 0 spiro atoms. The third-order valence-electron chi connectivity index (χ3n) is 6.03. The van der Waals surface area contributed by atoms with Gasteiger partial charge in [0.15, 0.2) is 0 Å². The Labute approximate surface area is 194 Å². The van der Waals surface area contributed by atoms with E-state index in [9.17, 15) is 13.2 Å². The molecule has 33 heavy (non-hydrogen) atoms. The van der Waals surface area contributed by atoms with Crippen molar-refractivity contribution < 1.29 is 13.2 Å². The van der Waals surface area contributed by atoms with Gasteiger partial charge in [-0.25, -0.2) is 13.8 Å². The average Bonchev–Trinajstić information content (AvgIpc) is 3.68.